The summed E-state index contributed by atoms with van der Waals surface area (Å²) in [5.74, 6) is -0.624. The molecule has 0 atom stereocenters. The van der Waals surface area contributed by atoms with Gasteiger partial charge < -0.3 is 5.32 Å². The molecule has 0 fully saturated rings. The van der Waals surface area contributed by atoms with Crippen molar-refractivity contribution in [2.75, 3.05) is 5.32 Å². The molecule has 2 rings (SSSR count). The summed E-state index contributed by atoms with van der Waals surface area (Å²) < 4.78 is 0.608. The highest BCUT2D eigenvalue weighted by Gasteiger charge is 2.21. The van der Waals surface area contributed by atoms with Crippen LogP contribution >= 0.6 is 39.1 Å². The monoisotopic (exact) mass is 388 g/mol. The highest BCUT2D eigenvalue weighted by atomic mass is 79.9. The number of carbonyl (C=O) groups excluding carboxylic acids is 1. The fraction of sp³-hybridized carbons (Fsp3) is 0. The number of hydrogen-bond acceptors (Lipinski definition) is 3. The summed E-state index contributed by atoms with van der Waals surface area (Å²) in [5.41, 5.74) is -0.0360. The maximum atomic E-state index is 12.2. The fourth-order valence-corrected chi connectivity index (χ4v) is 2.31. The second kappa shape index (κ2) is 6.43. The number of anilines is 1. The van der Waals surface area contributed by atoms with Crippen LogP contribution in [0.4, 0.5) is 11.4 Å². The van der Waals surface area contributed by atoms with E-state index in [9.17, 15) is 14.9 Å². The van der Waals surface area contributed by atoms with Gasteiger partial charge in [0.25, 0.3) is 11.6 Å². The lowest BCUT2D eigenvalue weighted by Crippen LogP contribution is -2.14. The van der Waals surface area contributed by atoms with Crippen molar-refractivity contribution in [3.63, 3.8) is 0 Å². The summed E-state index contributed by atoms with van der Waals surface area (Å²) in [4.78, 5) is 22.5. The molecule has 2 aromatic rings. The van der Waals surface area contributed by atoms with Crippen LogP contribution in [0.1, 0.15) is 10.4 Å². The number of rotatable bonds is 3. The number of nitrogens with zero attached hydrogens (tertiary/aromatic N) is 1. The van der Waals surface area contributed by atoms with Gasteiger partial charge in [-0.15, -0.1) is 0 Å². The second-order valence-electron chi connectivity index (χ2n) is 4.00. The molecule has 0 aliphatic heterocycles. The first-order valence-corrected chi connectivity index (χ1v) is 7.13. The molecule has 0 heterocycles. The molecule has 0 saturated carbocycles. The number of amides is 1. The van der Waals surface area contributed by atoms with E-state index in [4.69, 9.17) is 23.2 Å². The molecule has 5 nitrogen and oxygen atoms in total. The molecular weight excluding hydrogens is 383 g/mol. The lowest BCUT2D eigenvalue weighted by atomic mass is 10.1. The summed E-state index contributed by atoms with van der Waals surface area (Å²) in [6.07, 6.45) is 0. The minimum atomic E-state index is -0.659. The smallest absolute Gasteiger partial charge is 0.283 e. The predicted molar refractivity (Wildman–Crippen MR) is 85.2 cm³/mol. The Morgan fingerprint density at radius 1 is 1.14 bits per heavy atom. The largest absolute Gasteiger partial charge is 0.321 e. The Bertz CT molecular complexity index is 737. The zero-order valence-electron chi connectivity index (χ0n) is 10.3. The van der Waals surface area contributed by atoms with Crippen LogP contribution in [0.15, 0.2) is 40.9 Å². The van der Waals surface area contributed by atoms with Gasteiger partial charge in [-0.3, -0.25) is 14.9 Å². The van der Waals surface area contributed by atoms with E-state index in [0.717, 1.165) is 6.07 Å². The highest BCUT2D eigenvalue weighted by molar-refractivity contribution is 9.10. The van der Waals surface area contributed by atoms with E-state index in [-0.39, 0.29) is 16.3 Å². The zero-order valence-corrected chi connectivity index (χ0v) is 13.4. The standard InChI is InChI=1S/C13H7BrCl2N2O3/c14-10-4-2-7(15)5-11(10)17-13(19)9-3-1-8(16)6-12(9)18(20)21/h1-6H,(H,17,19). The van der Waals surface area contributed by atoms with E-state index < -0.39 is 10.8 Å². The van der Waals surface area contributed by atoms with Gasteiger partial charge in [0, 0.05) is 20.6 Å². The number of benzene rings is 2. The van der Waals surface area contributed by atoms with E-state index in [1.165, 1.54) is 18.2 Å². The maximum absolute atomic E-state index is 12.2. The zero-order chi connectivity index (χ0) is 15.6. The van der Waals surface area contributed by atoms with Crippen LogP contribution in [-0.2, 0) is 0 Å². The Labute approximate surface area is 138 Å². The van der Waals surface area contributed by atoms with Crippen molar-refractivity contribution in [2.45, 2.75) is 0 Å². The molecular formula is C13H7BrCl2N2O3. The van der Waals surface area contributed by atoms with E-state index in [1.807, 2.05) is 0 Å². The topological polar surface area (TPSA) is 72.2 Å². The molecule has 1 N–H and O–H groups in total. The average molecular weight is 390 g/mol. The van der Waals surface area contributed by atoms with Gasteiger partial charge in [0.15, 0.2) is 0 Å². The SMILES string of the molecule is O=C(Nc1cc(Cl)ccc1Br)c1ccc(Cl)cc1[N+](=O)[O-]. The number of halogens is 3. The van der Waals surface area contributed by atoms with Crippen molar-refractivity contribution < 1.29 is 9.72 Å². The van der Waals surface area contributed by atoms with Crippen LogP contribution in [0.3, 0.4) is 0 Å². The lowest BCUT2D eigenvalue weighted by Gasteiger charge is -2.08. The summed E-state index contributed by atoms with van der Waals surface area (Å²) in [6.45, 7) is 0. The molecule has 0 bridgehead atoms. The van der Waals surface area contributed by atoms with Gasteiger partial charge in [-0.05, 0) is 46.3 Å². The minimum Gasteiger partial charge on any atom is -0.321 e. The average Bonchev–Trinajstić information content (AvgIpc) is 2.42. The predicted octanol–water partition coefficient (Wildman–Crippen LogP) is 4.92. The second-order valence-corrected chi connectivity index (χ2v) is 5.72. The summed E-state index contributed by atoms with van der Waals surface area (Å²) >= 11 is 14.8. The van der Waals surface area contributed by atoms with Crippen LogP contribution in [-0.4, -0.2) is 10.8 Å². The summed E-state index contributed by atoms with van der Waals surface area (Å²) in [6, 6.07) is 8.68. The Hall–Kier alpha value is -1.63. The Morgan fingerprint density at radius 3 is 2.43 bits per heavy atom. The van der Waals surface area contributed by atoms with Crippen molar-refractivity contribution in [3.8, 4) is 0 Å². The molecule has 0 saturated heterocycles. The van der Waals surface area contributed by atoms with Gasteiger partial charge in [0.05, 0.1) is 10.6 Å². The highest BCUT2D eigenvalue weighted by Crippen LogP contribution is 2.28. The Morgan fingerprint density at radius 2 is 1.76 bits per heavy atom. The van der Waals surface area contributed by atoms with Crippen molar-refractivity contribution in [3.05, 3.63) is 66.6 Å². The van der Waals surface area contributed by atoms with Crippen molar-refractivity contribution in [1.29, 1.82) is 0 Å². The number of nitrogens with one attached hydrogen (secondary N) is 1. The maximum Gasteiger partial charge on any atom is 0.283 e. The lowest BCUT2D eigenvalue weighted by molar-refractivity contribution is -0.385. The minimum absolute atomic E-state index is 0.0868. The Kier molecular flexibility index (Phi) is 4.82. The van der Waals surface area contributed by atoms with Crippen molar-refractivity contribution in [2.24, 2.45) is 0 Å². The van der Waals surface area contributed by atoms with Gasteiger partial charge in [0.1, 0.15) is 5.56 Å². The third kappa shape index (κ3) is 3.72. The molecule has 0 aromatic heterocycles. The van der Waals surface area contributed by atoms with Crippen molar-refractivity contribution >= 4 is 56.4 Å². The van der Waals surface area contributed by atoms with Gasteiger partial charge in [0.2, 0.25) is 0 Å². The van der Waals surface area contributed by atoms with E-state index in [2.05, 4.69) is 21.2 Å². The van der Waals surface area contributed by atoms with E-state index in [1.54, 1.807) is 12.1 Å². The molecule has 0 unspecified atom stereocenters. The first-order valence-electron chi connectivity index (χ1n) is 5.59. The third-order valence-corrected chi connectivity index (χ3v) is 3.74. The molecule has 108 valence electrons. The number of nitro benzene ring substituents is 1. The van der Waals surface area contributed by atoms with Crippen LogP contribution < -0.4 is 5.32 Å². The normalized spacial score (nSPS) is 10.2. The van der Waals surface area contributed by atoms with Gasteiger partial charge >= 0.3 is 0 Å². The Balaban J connectivity index is 2.37. The molecule has 1 amide bonds. The number of hydrogen-bond donors (Lipinski definition) is 1. The van der Waals surface area contributed by atoms with Crippen LogP contribution in [0.5, 0.6) is 0 Å². The van der Waals surface area contributed by atoms with Crippen LogP contribution in [0, 0.1) is 10.1 Å². The first-order chi connectivity index (χ1) is 9.88. The summed E-state index contributed by atoms with van der Waals surface area (Å²) in [7, 11) is 0. The molecule has 8 heteroatoms. The van der Waals surface area contributed by atoms with Gasteiger partial charge in [-0.25, -0.2) is 0 Å². The fourth-order valence-electron chi connectivity index (χ4n) is 1.63. The van der Waals surface area contributed by atoms with E-state index >= 15 is 0 Å². The molecule has 0 aliphatic carbocycles. The van der Waals surface area contributed by atoms with Crippen molar-refractivity contribution in [1.82, 2.24) is 0 Å². The number of carbonyl (C=O) groups is 1. The first kappa shape index (κ1) is 15.8. The third-order valence-electron chi connectivity index (χ3n) is 2.58. The molecule has 0 spiro atoms. The van der Waals surface area contributed by atoms with Gasteiger partial charge in [-0.1, -0.05) is 23.2 Å². The van der Waals surface area contributed by atoms with Crippen LogP contribution in [0.2, 0.25) is 10.0 Å². The summed E-state index contributed by atoms with van der Waals surface area (Å²) in [5, 5.41) is 14.2. The molecule has 0 radical (unpaired) electrons. The quantitative estimate of drug-likeness (QED) is 0.598. The molecule has 2 aromatic carbocycles. The molecule has 21 heavy (non-hydrogen) atoms. The van der Waals surface area contributed by atoms with E-state index in [0.29, 0.717) is 15.2 Å². The molecule has 0 aliphatic rings. The van der Waals surface area contributed by atoms with Gasteiger partial charge in [-0.2, -0.15) is 0 Å². The van der Waals surface area contributed by atoms with Crippen LogP contribution in [0.25, 0.3) is 0 Å². The number of nitro groups is 1.